The van der Waals surface area contributed by atoms with E-state index in [-0.39, 0.29) is 5.54 Å². The fraction of sp³-hybridized carbons (Fsp3) is 0.364. The zero-order chi connectivity index (χ0) is 12.6. The summed E-state index contributed by atoms with van der Waals surface area (Å²) in [6.07, 6.45) is 3.52. The topological polar surface area (TPSA) is 46.5 Å². The summed E-state index contributed by atoms with van der Waals surface area (Å²) in [6, 6.07) is 1.97. The van der Waals surface area contributed by atoms with E-state index in [1.165, 1.54) is 0 Å². The number of nitrogens with zero attached hydrogens (tertiary/aromatic N) is 3. The zero-order valence-electron chi connectivity index (χ0n) is 9.86. The highest BCUT2D eigenvalue weighted by molar-refractivity contribution is 9.10. The first-order valence-electron chi connectivity index (χ1n) is 5.18. The maximum atomic E-state index is 5.27. The molecule has 90 valence electrons. The van der Waals surface area contributed by atoms with Crippen molar-refractivity contribution >= 4 is 28.1 Å². The molecule has 2 rings (SSSR count). The second-order valence-corrected chi connectivity index (χ2v) is 6.05. The van der Waals surface area contributed by atoms with Crippen molar-refractivity contribution < 1.29 is 0 Å². The van der Waals surface area contributed by atoms with E-state index in [1.807, 2.05) is 10.6 Å². The molecule has 0 bridgehead atoms. The van der Waals surface area contributed by atoms with Gasteiger partial charge in [-0.3, -0.25) is 14.6 Å². The number of hydrogen-bond acceptors (Lipinski definition) is 3. The van der Waals surface area contributed by atoms with Crippen molar-refractivity contribution in [2.75, 3.05) is 0 Å². The molecule has 17 heavy (non-hydrogen) atoms. The molecule has 1 N–H and O–H groups in total. The van der Waals surface area contributed by atoms with Crippen LogP contribution in [-0.4, -0.2) is 19.7 Å². The van der Waals surface area contributed by atoms with E-state index in [0.29, 0.717) is 4.77 Å². The van der Waals surface area contributed by atoms with Gasteiger partial charge in [0.2, 0.25) is 0 Å². The third-order valence-corrected chi connectivity index (χ3v) is 3.01. The first-order chi connectivity index (χ1) is 7.89. The van der Waals surface area contributed by atoms with Crippen molar-refractivity contribution in [1.29, 1.82) is 0 Å². The summed E-state index contributed by atoms with van der Waals surface area (Å²) in [6.45, 7) is 6.27. The Balaban J connectivity index is 2.66. The molecule has 0 aromatic carbocycles. The van der Waals surface area contributed by atoms with Gasteiger partial charge in [0.25, 0.3) is 0 Å². The van der Waals surface area contributed by atoms with Crippen molar-refractivity contribution in [2.24, 2.45) is 0 Å². The Hall–Kier alpha value is -1.01. The van der Waals surface area contributed by atoms with Gasteiger partial charge < -0.3 is 0 Å². The van der Waals surface area contributed by atoms with Crippen LogP contribution >= 0.6 is 28.1 Å². The van der Waals surface area contributed by atoms with Gasteiger partial charge in [-0.25, -0.2) is 0 Å². The first-order valence-corrected chi connectivity index (χ1v) is 6.38. The van der Waals surface area contributed by atoms with Crippen LogP contribution in [0.2, 0.25) is 0 Å². The van der Waals surface area contributed by atoms with Crippen LogP contribution in [0.15, 0.2) is 22.9 Å². The van der Waals surface area contributed by atoms with Crippen LogP contribution < -0.4 is 0 Å². The van der Waals surface area contributed by atoms with Crippen LogP contribution in [0, 0.1) is 4.77 Å². The van der Waals surface area contributed by atoms with Crippen molar-refractivity contribution in [3.8, 4) is 11.4 Å². The summed E-state index contributed by atoms with van der Waals surface area (Å²) in [5.41, 5.74) is 0.809. The minimum Gasteiger partial charge on any atom is -0.295 e. The van der Waals surface area contributed by atoms with E-state index < -0.39 is 0 Å². The largest absolute Gasteiger partial charge is 0.295 e. The summed E-state index contributed by atoms with van der Waals surface area (Å²) in [5.74, 6) is 0.802. The average molecular weight is 313 g/mol. The van der Waals surface area contributed by atoms with E-state index >= 15 is 0 Å². The fourth-order valence-electron chi connectivity index (χ4n) is 1.65. The van der Waals surface area contributed by atoms with Crippen LogP contribution in [0.25, 0.3) is 11.4 Å². The lowest BCUT2D eigenvalue weighted by Gasteiger charge is -2.22. The van der Waals surface area contributed by atoms with Gasteiger partial charge >= 0.3 is 0 Å². The first kappa shape index (κ1) is 12.4. The Kier molecular flexibility index (Phi) is 3.18. The van der Waals surface area contributed by atoms with Gasteiger partial charge in [0, 0.05) is 28.0 Å². The Bertz CT molecular complexity index is 594. The number of H-pyrrole nitrogens is 1. The van der Waals surface area contributed by atoms with Crippen LogP contribution in [0.1, 0.15) is 20.8 Å². The number of hydrogen-bond donors (Lipinski definition) is 1. The third-order valence-electron chi connectivity index (χ3n) is 2.31. The molecule has 0 unspecified atom stereocenters. The van der Waals surface area contributed by atoms with Gasteiger partial charge in [0.1, 0.15) is 0 Å². The lowest BCUT2D eigenvalue weighted by Crippen LogP contribution is -2.23. The van der Waals surface area contributed by atoms with Gasteiger partial charge in [0.05, 0.1) is 0 Å². The quantitative estimate of drug-likeness (QED) is 0.819. The molecule has 0 radical (unpaired) electrons. The van der Waals surface area contributed by atoms with Crippen LogP contribution in [0.3, 0.4) is 0 Å². The maximum Gasteiger partial charge on any atom is 0.195 e. The normalized spacial score (nSPS) is 11.8. The summed E-state index contributed by atoms with van der Waals surface area (Å²) in [4.78, 5) is 4.14. The monoisotopic (exact) mass is 312 g/mol. The molecule has 2 aromatic heterocycles. The Morgan fingerprint density at radius 3 is 2.65 bits per heavy atom. The van der Waals surface area contributed by atoms with Crippen LogP contribution in [-0.2, 0) is 5.54 Å². The predicted molar refractivity (Wildman–Crippen MR) is 73.3 cm³/mol. The fourth-order valence-corrected chi connectivity index (χ4v) is 2.42. The Labute approximate surface area is 113 Å². The van der Waals surface area contributed by atoms with Gasteiger partial charge in [0.15, 0.2) is 10.6 Å². The van der Waals surface area contributed by atoms with E-state index in [1.54, 1.807) is 12.4 Å². The number of aromatic nitrogens is 4. The summed E-state index contributed by atoms with van der Waals surface area (Å²) in [7, 11) is 0. The van der Waals surface area contributed by atoms with Crippen molar-refractivity contribution in [2.45, 2.75) is 26.3 Å². The molecule has 0 aliphatic rings. The van der Waals surface area contributed by atoms with E-state index in [0.717, 1.165) is 15.9 Å². The number of rotatable bonds is 1. The lowest BCUT2D eigenvalue weighted by atomic mass is 10.1. The molecule has 2 aromatic rings. The summed E-state index contributed by atoms with van der Waals surface area (Å²) in [5, 5.41) is 7.11. The molecule has 0 saturated carbocycles. The molecule has 2 heterocycles. The van der Waals surface area contributed by atoms with Gasteiger partial charge in [-0.05, 0) is 55.0 Å². The van der Waals surface area contributed by atoms with Crippen molar-refractivity contribution in [3.63, 3.8) is 0 Å². The van der Waals surface area contributed by atoms with Gasteiger partial charge in [-0.15, -0.1) is 0 Å². The van der Waals surface area contributed by atoms with Crippen molar-refractivity contribution in [1.82, 2.24) is 19.7 Å². The molecular formula is C11H13BrN4S. The highest BCUT2D eigenvalue weighted by Gasteiger charge is 2.20. The highest BCUT2D eigenvalue weighted by atomic mass is 79.9. The molecule has 0 atom stereocenters. The molecule has 0 aliphatic heterocycles. The standard InChI is InChI=1S/C11H13BrN4S/c1-11(2,3)16-9(14-15-10(16)17)7-4-8(12)6-13-5-7/h4-6H,1-3H3,(H,15,17). The number of aromatic amines is 1. The number of halogens is 1. The SMILES string of the molecule is CC(C)(C)n1c(-c2cncc(Br)c2)n[nH]c1=S. The Morgan fingerprint density at radius 1 is 1.35 bits per heavy atom. The highest BCUT2D eigenvalue weighted by Crippen LogP contribution is 2.25. The molecule has 6 heteroatoms. The zero-order valence-corrected chi connectivity index (χ0v) is 12.3. The molecular weight excluding hydrogens is 300 g/mol. The third kappa shape index (κ3) is 2.47. The smallest absolute Gasteiger partial charge is 0.195 e. The number of pyridine rings is 1. The minimum atomic E-state index is -0.123. The molecule has 0 saturated heterocycles. The lowest BCUT2D eigenvalue weighted by molar-refractivity contribution is 0.395. The van der Waals surface area contributed by atoms with Crippen molar-refractivity contribution in [3.05, 3.63) is 27.7 Å². The van der Waals surface area contributed by atoms with Crippen LogP contribution in [0.5, 0.6) is 0 Å². The van der Waals surface area contributed by atoms with E-state index in [2.05, 4.69) is 51.9 Å². The second-order valence-electron chi connectivity index (χ2n) is 4.75. The van der Waals surface area contributed by atoms with Crippen LogP contribution in [0.4, 0.5) is 0 Å². The van der Waals surface area contributed by atoms with E-state index in [9.17, 15) is 0 Å². The molecule has 0 amide bonds. The van der Waals surface area contributed by atoms with E-state index in [4.69, 9.17) is 12.2 Å². The minimum absolute atomic E-state index is 0.123. The molecule has 0 fully saturated rings. The predicted octanol–water partition coefficient (Wildman–Crippen LogP) is 3.52. The van der Waals surface area contributed by atoms with Gasteiger partial charge in [-0.1, -0.05) is 0 Å². The Morgan fingerprint density at radius 2 is 2.06 bits per heavy atom. The molecule has 0 spiro atoms. The second kappa shape index (κ2) is 4.34. The summed E-state index contributed by atoms with van der Waals surface area (Å²) < 4.78 is 3.53. The average Bonchev–Trinajstić information content (AvgIpc) is 2.59. The number of nitrogens with one attached hydrogen (secondary N) is 1. The van der Waals surface area contributed by atoms with Gasteiger partial charge in [-0.2, -0.15) is 5.10 Å². The molecule has 0 aliphatic carbocycles. The summed E-state index contributed by atoms with van der Waals surface area (Å²) >= 11 is 8.67. The maximum absolute atomic E-state index is 5.27. The molecule has 4 nitrogen and oxygen atoms in total.